The molecule has 0 aromatic carbocycles. The third-order valence-electron chi connectivity index (χ3n) is 10.0. The molecule has 4 aliphatic rings. The number of fused-ring (bicyclic) bond motifs is 5. The predicted octanol–water partition coefficient (Wildman–Crippen LogP) is 7.33. The minimum Gasteiger partial charge on any atom is -0.393 e. The monoisotopic (exact) mass is 396 g/mol. The highest BCUT2D eigenvalue weighted by atomic mass is 16.3. The molecule has 0 amide bonds. The highest BCUT2D eigenvalue weighted by molar-refractivity contribution is 5.39. The zero-order valence-electron chi connectivity index (χ0n) is 19.7. The van der Waals surface area contributed by atoms with Gasteiger partial charge >= 0.3 is 0 Å². The van der Waals surface area contributed by atoms with Crippen molar-refractivity contribution >= 4 is 0 Å². The van der Waals surface area contributed by atoms with Crippen LogP contribution in [0.1, 0.15) is 86.5 Å². The van der Waals surface area contributed by atoms with Crippen LogP contribution in [0, 0.1) is 46.3 Å². The van der Waals surface area contributed by atoms with Crippen LogP contribution < -0.4 is 0 Å². The maximum absolute atomic E-state index is 10.2. The largest absolute Gasteiger partial charge is 0.393 e. The van der Waals surface area contributed by atoms with Crippen molar-refractivity contribution in [2.75, 3.05) is 0 Å². The molecule has 29 heavy (non-hydrogen) atoms. The quantitative estimate of drug-likeness (QED) is 0.493. The summed E-state index contributed by atoms with van der Waals surface area (Å²) in [7, 11) is 0. The van der Waals surface area contributed by atoms with Crippen LogP contribution in [-0.2, 0) is 0 Å². The number of hydrogen-bond donors (Lipinski definition) is 1. The molecule has 0 radical (unpaired) electrons. The molecule has 162 valence electrons. The van der Waals surface area contributed by atoms with E-state index in [2.05, 4.69) is 65.8 Å². The summed E-state index contributed by atoms with van der Waals surface area (Å²) in [6.45, 7) is 14.6. The second-order valence-corrected chi connectivity index (χ2v) is 11.9. The second-order valence-electron chi connectivity index (χ2n) is 11.9. The van der Waals surface area contributed by atoms with E-state index in [1.54, 1.807) is 5.57 Å². The highest BCUT2D eigenvalue weighted by Gasteiger charge is 2.56. The van der Waals surface area contributed by atoms with Gasteiger partial charge in [0, 0.05) is 0 Å². The number of aliphatic hydroxyl groups excluding tert-OH is 1. The lowest BCUT2D eigenvalue weighted by Gasteiger charge is -2.55. The maximum atomic E-state index is 10.2. The molecule has 4 rings (SSSR count). The Bertz CT molecular complexity index is 712. The van der Waals surface area contributed by atoms with E-state index in [4.69, 9.17) is 0 Å². The fourth-order valence-electron chi connectivity index (χ4n) is 7.59. The van der Waals surface area contributed by atoms with Gasteiger partial charge in [-0.15, -0.1) is 0 Å². The molecule has 1 heteroatoms. The van der Waals surface area contributed by atoms with E-state index in [-0.39, 0.29) is 6.10 Å². The lowest BCUT2D eigenvalue weighted by Crippen LogP contribution is -2.46. The molecule has 0 aromatic rings. The third-order valence-corrected chi connectivity index (χ3v) is 10.0. The summed E-state index contributed by atoms with van der Waals surface area (Å²) in [6, 6.07) is 0. The van der Waals surface area contributed by atoms with Crippen molar-refractivity contribution in [1.82, 2.24) is 0 Å². The molecule has 1 nitrogen and oxygen atoms in total. The molecule has 0 bridgehead atoms. The van der Waals surface area contributed by atoms with Crippen molar-refractivity contribution in [3.05, 3.63) is 35.5 Å². The minimum atomic E-state index is -0.116. The zero-order valence-corrected chi connectivity index (χ0v) is 19.7. The van der Waals surface area contributed by atoms with E-state index < -0.39 is 0 Å². The number of allylic oxidation sites excluding steroid dienone is 5. The number of rotatable bonds is 4. The Balaban J connectivity index is 1.57. The summed E-state index contributed by atoms with van der Waals surface area (Å²) in [5.74, 6) is 4.38. The third kappa shape index (κ3) is 3.50. The molecule has 0 unspecified atom stereocenters. The van der Waals surface area contributed by atoms with Crippen molar-refractivity contribution in [2.24, 2.45) is 46.3 Å². The first-order valence-electron chi connectivity index (χ1n) is 12.4. The molecule has 0 saturated heterocycles. The van der Waals surface area contributed by atoms with Crippen LogP contribution in [0.5, 0.6) is 0 Å². The van der Waals surface area contributed by atoms with E-state index in [9.17, 15) is 5.11 Å². The van der Waals surface area contributed by atoms with E-state index >= 15 is 0 Å². The fourth-order valence-corrected chi connectivity index (χ4v) is 7.59. The van der Waals surface area contributed by atoms with Gasteiger partial charge in [-0.05, 0) is 91.3 Å². The second kappa shape index (κ2) is 7.70. The van der Waals surface area contributed by atoms with Crippen LogP contribution in [-0.4, -0.2) is 11.2 Å². The Morgan fingerprint density at radius 1 is 0.931 bits per heavy atom. The molecule has 3 saturated carbocycles. The average molecular weight is 397 g/mol. The van der Waals surface area contributed by atoms with Crippen LogP contribution in [0.2, 0.25) is 0 Å². The number of hydrogen-bond acceptors (Lipinski definition) is 1. The standard InChI is InChI=1S/C28H44O/c1-18(2)19(3)7-8-20(4)24-11-12-25-23-10-9-21-17-22(29)13-15-27(21,5)26(23)14-16-28(24,25)6/h7-10,18-20,22,24-26,29H,11-17H2,1-6H3/b8-7+/t19-,20-,22+,24+,25+,26+,27-,28-/m0/s1. The van der Waals surface area contributed by atoms with Crippen LogP contribution in [0.3, 0.4) is 0 Å². The van der Waals surface area contributed by atoms with Gasteiger partial charge in [-0.2, -0.15) is 0 Å². The van der Waals surface area contributed by atoms with Gasteiger partial charge in [0.1, 0.15) is 0 Å². The molecular formula is C28H44O. The minimum absolute atomic E-state index is 0.116. The Morgan fingerprint density at radius 3 is 2.41 bits per heavy atom. The smallest absolute Gasteiger partial charge is 0.0578 e. The van der Waals surface area contributed by atoms with Crippen LogP contribution >= 0.6 is 0 Å². The summed E-state index contributed by atoms with van der Waals surface area (Å²) < 4.78 is 0. The van der Waals surface area contributed by atoms with E-state index in [0.29, 0.717) is 22.7 Å². The summed E-state index contributed by atoms with van der Waals surface area (Å²) in [5, 5.41) is 10.2. The van der Waals surface area contributed by atoms with Gasteiger partial charge < -0.3 is 5.11 Å². The molecule has 8 atom stereocenters. The maximum Gasteiger partial charge on any atom is 0.0578 e. The van der Waals surface area contributed by atoms with Crippen molar-refractivity contribution in [3.8, 4) is 0 Å². The van der Waals surface area contributed by atoms with Crippen molar-refractivity contribution in [3.63, 3.8) is 0 Å². The molecule has 0 spiro atoms. The summed E-state index contributed by atoms with van der Waals surface area (Å²) >= 11 is 0. The van der Waals surface area contributed by atoms with E-state index in [1.807, 2.05) is 0 Å². The van der Waals surface area contributed by atoms with Gasteiger partial charge in [-0.3, -0.25) is 0 Å². The summed E-state index contributed by atoms with van der Waals surface area (Å²) in [4.78, 5) is 0. The number of aliphatic hydroxyl groups is 1. The Labute approximate surface area is 179 Å². The Morgan fingerprint density at radius 2 is 1.69 bits per heavy atom. The Hall–Kier alpha value is -0.820. The van der Waals surface area contributed by atoms with Crippen molar-refractivity contribution < 1.29 is 5.11 Å². The predicted molar refractivity (Wildman–Crippen MR) is 123 cm³/mol. The summed E-state index contributed by atoms with van der Waals surface area (Å²) in [6.07, 6.45) is 18.4. The topological polar surface area (TPSA) is 20.2 Å². The van der Waals surface area contributed by atoms with Gasteiger partial charge in [-0.25, -0.2) is 0 Å². The first kappa shape index (κ1) is 21.4. The molecule has 1 N–H and O–H groups in total. The first-order valence-corrected chi connectivity index (χ1v) is 12.4. The SMILES string of the molecule is CC(C)[C@@H](C)/C=C/[C@H](C)[C@H]1CC[C@@H]2C3=CC=C4C[C@H](O)CC[C@]4(C)[C@@H]3CC[C@]21C. The van der Waals surface area contributed by atoms with E-state index in [0.717, 1.165) is 36.5 Å². The lowest BCUT2D eigenvalue weighted by atomic mass is 9.50. The van der Waals surface area contributed by atoms with Gasteiger partial charge in [0.25, 0.3) is 0 Å². The van der Waals surface area contributed by atoms with Gasteiger partial charge in [0.15, 0.2) is 0 Å². The van der Waals surface area contributed by atoms with Crippen molar-refractivity contribution in [1.29, 1.82) is 0 Å². The van der Waals surface area contributed by atoms with Crippen LogP contribution in [0.4, 0.5) is 0 Å². The van der Waals surface area contributed by atoms with Gasteiger partial charge in [0.2, 0.25) is 0 Å². The summed E-state index contributed by atoms with van der Waals surface area (Å²) in [5.41, 5.74) is 4.07. The first-order chi connectivity index (χ1) is 13.7. The van der Waals surface area contributed by atoms with Crippen molar-refractivity contribution in [2.45, 2.75) is 92.6 Å². The normalized spacial score (nSPS) is 44.0. The van der Waals surface area contributed by atoms with Crippen LogP contribution in [0.15, 0.2) is 35.5 Å². The lowest BCUT2D eigenvalue weighted by molar-refractivity contribution is 0.0382. The molecule has 0 aliphatic heterocycles. The van der Waals surface area contributed by atoms with Crippen LogP contribution in [0.25, 0.3) is 0 Å². The molecule has 0 aromatic heterocycles. The average Bonchev–Trinajstić information content (AvgIpc) is 3.03. The van der Waals surface area contributed by atoms with Gasteiger partial charge in [-0.1, -0.05) is 77.0 Å². The molecule has 0 heterocycles. The Kier molecular flexibility index (Phi) is 5.69. The zero-order chi connectivity index (χ0) is 21.0. The molecule has 4 aliphatic carbocycles. The molecule has 3 fully saturated rings. The highest BCUT2D eigenvalue weighted by Crippen LogP contribution is 2.65. The van der Waals surface area contributed by atoms with Gasteiger partial charge in [0.05, 0.1) is 6.10 Å². The van der Waals surface area contributed by atoms with E-state index in [1.165, 1.54) is 37.7 Å². The molecular weight excluding hydrogens is 352 g/mol. The fraction of sp³-hybridized carbons (Fsp3) is 0.786.